The quantitative estimate of drug-likeness (QED) is 0.561. The molecule has 0 unspecified atom stereocenters. The van der Waals surface area contributed by atoms with E-state index in [1.807, 2.05) is 4.90 Å². The molecule has 2 heterocycles. The molecule has 134 valence electrons. The van der Waals surface area contributed by atoms with Crippen LogP contribution in [0.4, 0.5) is 5.69 Å². The molecular weight excluding hydrogens is 324 g/mol. The monoisotopic (exact) mass is 346 g/mol. The number of carbonyl (C=O) groups excluding carboxylic acids is 1. The molecule has 0 radical (unpaired) electrons. The van der Waals surface area contributed by atoms with Crippen LogP contribution in [0.25, 0.3) is 0 Å². The number of fused-ring (bicyclic) bond motifs is 1. The maximum absolute atomic E-state index is 12.8. The summed E-state index contributed by atoms with van der Waals surface area (Å²) in [7, 11) is 0. The van der Waals surface area contributed by atoms with Gasteiger partial charge in [-0.05, 0) is 18.4 Å². The smallest absolute Gasteiger partial charge is 0.271 e. The van der Waals surface area contributed by atoms with Gasteiger partial charge < -0.3 is 10.0 Å². The summed E-state index contributed by atoms with van der Waals surface area (Å²) < 4.78 is 0. The second-order valence-corrected chi connectivity index (χ2v) is 7.22. The standard InChI is InChI=1S/C17H22N4O4/c22-16-17(23)14(10-20(16)12-6-2-1-3-7-12)15(18-19-17)11-5-4-8-13(9-11)21(24)25/h4-5,8-9,12,14-15,18-19,23H,1-3,6-7,10H2/t14-,15+,17+/m1/s1. The summed E-state index contributed by atoms with van der Waals surface area (Å²) in [5, 5.41) is 21.9. The number of hydrogen-bond donors (Lipinski definition) is 3. The number of hydrogen-bond acceptors (Lipinski definition) is 6. The van der Waals surface area contributed by atoms with Gasteiger partial charge in [0.15, 0.2) is 0 Å². The normalized spacial score (nSPS) is 32.8. The van der Waals surface area contributed by atoms with Crippen molar-refractivity contribution >= 4 is 11.6 Å². The first-order chi connectivity index (χ1) is 12.0. The van der Waals surface area contributed by atoms with Gasteiger partial charge >= 0.3 is 0 Å². The number of nitrogens with one attached hydrogen (secondary N) is 2. The second kappa shape index (κ2) is 6.05. The molecule has 4 rings (SSSR count). The van der Waals surface area contributed by atoms with Crippen LogP contribution in [0.5, 0.6) is 0 Å². The van der Waals surface area contributed by atoms with Gasteiger partial charge in [-0.3, -0.25) is 14.9 Å². The van der Waals surface area contributed by atoms with E-state index < -0.39 is 10.6 Å². The number of nitro benzene ring substituents is 1. The number of non-ortho nitro benzene ring substituents is 1. The fourth-order valence-electron chi connectivity index (χ4n) is 4.44. The highest BCUT2D eigenvalue weighted by Crippen LogP contribution is 2.42. The molecule has 25 heavy (non-hydrogen) atoms. The summed E-state index contributed by atoms with van der Waals surface area (Å²) in [6, 6.07) is 6.17. The fourth-order valence-corrected chi connectivity index (χ4v) is 4.44. The first-order valence-corrected chi connectivity index (χ1v) is 8.81. The Kier molecular flexibility index (Phi) is 3.98. The van der Waals surface area contributed by atoms with Crippen LogP contribution < -0.4 is 10.9 Å². The minimum atomic E-state index is -1.65. The largest absolute Gasteiger partial charge is 0.366 e. The molecule has 3 aliphatic rings. The number of nitro groups is 1. The molecule has 8 nitrogen and oxygen atoms in total. The second-order valence-electron chi connectivity index (χ2n) is 7.22. The average Bonchev–Trinajstić information content (AvgIpc) is 3.09. The van der Waals surface area contributed by atoms with Crippen LogP contribution in [-0.2, 0) is 4.79 Å². The van der Waals surface area contributed by atoms with Crippen LogP contribution >= 0.6 is 0 Å². The summed E-state index contributed by atoms with van der Waals surface area (Å²) in [5.41, 5.74) is 4.77. The Morgan fingerprint density at radius 1 is 1.28 bits per heavy atom. The average molecular weight is 346 g/mol. The third-order valence-corrected chi connectivity index (χ3v) is 5.79. The molecule has 1 aliphatic carbocycles. The summed E-state index contributed by atoms with van der Waals surface area (Å²) in [5.74, 6) is -0.672. The van der Waals surface area contributed by atoms with Gasteiger partial charge in [0.2, 0.25) is 5.72 Å². The lowest BCUT2D eigenvalue weighted by molar-refractivity contribution is -0.384. The van der Waals surface area contributed by atoms with Crippen LogP contribution in [0.3, 0.4) is 0 Å². The molecular formula is C17H22N4O4. The highest BCUT2D eigenvalue weighted by molar-refractivity contribution is 5.88. The van der Waals surface area contributed by atoms with E-state index in [1.165, 1.54) is 18.6 Å². The molecule has 1 aromatic rings. The van der Waals surface area contributed by atoms with E-state index in [0.29, 0.717) is 12.1 Å². The van der Waals surface area contributed by atoms with Crippen molar-refractivity contribution < 1.29 is 14.8 Å². The van der Waals surface area contributed by atoms with E-state index in [2.05, 4.69) is 10.9 Å². The number of benzene rings is 1. The Balaban J connectivity index is 1.60. The minimum absolute atomic E-state index is 0.00296. The third kappa shape index (κ3) is 2.61. The molecule has 2 saturated heterocycles. The number of amides is 1. The Morgan fingerprint density at radius 2 is 2.04 bits per heavy atom. The SMILES string of the molecule is O=C1N(C2CCCCC2)C[C@@H]2[C@H](c3cccc([N+](=O)[O-])c3)NN[C@@]12O. The number of likely N-dealkylation sites (tertiary alicyclic amines) is 1. The Morgan fingerprint density at radius 3 is 2.76 bits per heavy atom. The molecule has 0 spiro atoms. The van der Waals surface area contributed by atoms with Crippen LogP contribution in [-0.4, -0.2) is 39.1 Å². The summed E-state index contributed by atoms with van der Waals surface area (Å²) in [6.07, 6.45) is 5.37. The zero-order chi connectivity index (χ0) is 17.6. The molecule has 2 aliphatic heterocycles. The Hall–Kier alpha value is -2.03. The van der Waals surface area contributed by atoms with Crippen molar-refractivity contribution in [2.24, 2.45) is 5.92 Å². The van der Waals surface area contributed by atoms with E-state index >= 15 is 0 Å². The van der Waals surface area contributed by atoms with Gasteiger partial charge in [-0.1, -0.05) is 31.4 Å². The van der Waals surface area contributed by atoms with Gasteiger partial charge in [-0.2, -0.15) is 0 Å². The first-order valence-electron chi connectivity index (χ1n) is 8.81. The number of carbonyl (C=O) groups is 1. The molecule has 3 N–H and O–H groups in total. The van der Waals surface area contributed by atoms with Crippen LogP contribution in [0, 0.1) is 16.0 Å². The predicted molar refractivity (Wildman–Crippen MR) is 89.1 cm³/mol. The molecule has 1 saturated carbocycles. The van der Waals surface area contributed by atoms with Gasteiger partial charge in [0.05, 0.1) is 16.9 Å². The maximum Gasteiger partial charge on any atom is 0.271 e. The van der Waals surface area contributed by atoms with Crippen LogP contribution in [0.1, 0.15) is 43.7 Å². The first kappa shape index (κ1) is 16.4. The van der Waals surface area contributed by atoms with E-state index in [4.69, 9.17) is 0 Å². The highest BCUT2D eigenvalue weighted by atomic mass is 16.6. The molecule has 0 bridgehead atoms. The molecule has 3 fully saturated rings. The number of nitrogens with zero attached hydrogens (tertiary/aromatic N) is 2. The molecule has 1 amide bonds. The van der Waals surface area contributed by atoms with E-state index in [0.717, 1.165) is 25.7 Å². The minimum Gasteiger partial charge on any atom is -0.366 e. The van der Waals surface area contributed by atoms with Crippen molar-refractivity contribution in [2.75, 3.05) is 6.54 Å². The van der Waals surface area contributed by atoms with Crippen molar-refractivity contribution in [3.05, 3.63) is 39.9 Å². The topological polar surface area (TPSA) is 108 Å². The molecule has 3 atom stereocenters. The van der Waals surface area contributed by atoms with Gasteiger partial charge in [-0.15, -0.1) is 0 Å². The number of rotatable bonds is 3. The highest BCUT2D eigenvalue weighted by Gasteiger charge is 2.61. The number of hydrazine groups is 1. The van der Waals surface area contributed by atoms with Gasteiger partial charge in [0.1, 0.15) is 0 Å². The zero-order valence-electron chi connectivity index (χ0n) is 13.9. The van der Waals surface area contributed by atoms with E-state index in [9.17, 15) is 20.0 Å². The Labute approximate surface area is 145 Å². The predicted octanol–water partition coefficient (Wildman–Crippen LogP) is 1.22. The third-order valence-electron chi connectivity index (χ3n) is 5.79. The lowest BCUT2D eigenvalue weighted by Crippen LogP contribution is -2.54. The lowest BCUT2D eigenvalue weighted by Gasteiger charge is -2.32. The molecule has 8 heteroatoms. The Bertz CT molecular complexity index is 706. The summed E-state index contributed by atoms with van der Waals surface area (Å²) >= 11 is 0. The van der Waals surface area contributed by atoms with Crippen LogP contribution in [0.15, 0.2) is 24.3 Å². The summed E-state index contributed by atoms with van der Waals surface area (Å²) in [4.78, 5) is 25.2. The van der Waals surface area contributed by atoms with Gasteiger partial charge in [0, 0.05) is 24.7 Å². The van der Waals surface area contributed by atoms with Gasteiger partial charge in [0.25, 0.3) is 11.6 Å². The van der Waals surface area contributed by atoms with Crippen LogP contribution in [0.2, 0.25) is 0 Å². The molecule has 0 aromatic heterocycles. The number of aliphatic hydroxyl groups is 1. The zero-order valence-corrected chi connectivity index (χ0v) is 13.9. The van der Waals surface area contributed by atoms with E-state index in [-0.39, 0.29) is 29.6 Å². The van der Waals surface area contributed by atoms with Crippen molar-refractivity contribution in [2.45, 2.75) is 49.9 Å². The van der Waals surface area contributed by atoms with E-state index in [1.54, 1.807) is 12.1 Å². The van der Waals surface area contributed by atoms with Crippen molar-refractivity contribution in [3.63, 3.8) is 0 Å². The van der Waals surface area contributed by atoms with Crippen molar-refractivity contribution in [1.82, 2.24) is 15.8 Å². The lowest BCUT2D eigenvalue weighted by atomic mass is 9.89. The fraction of sp³-hybridized carbons (Fsp3) is 0.588. The van der Waals surface area contributed by atoms with Gasteiger partial charge in [-0.25, -0.2) is 10.9 Å². The van der Waals surface area contributed by atoms with Crippen molar-refractivity contribution in [1.29, 1.82) is 0 Å². The summed E-state index contributed by atoms with van der Waals surface area (Å²) in [6.45, 7) is 0.452. The van der Waals surface area contributed by atoms with Crippen molar-refractivity contribution in [3.8, 4) is 0 Å². The molecule has 1 aromatic carbocycles. The maximum atomic E-state index is 12.8.